The third kappa shape index (κ3) is 3.53. The molecule has 4 aromatic rings. The number of esters is 1. The van der Waals surface area contributed by atoms with Crippen molar-refractivity contribution in [2.75, 3.05) is 12.8 Å². The van der Waals surface area contributed by atoms with Gasteiger partial charge < -0.3 is 19.3 Å². The van der Waals surface area contributed by atoms with Gasteiger partial charge in [0.1, 0.15) is 16.6 Å². The maximum Gasteiger partial charge on any atom is 0.362 e. The van der Waals surface area contributed by atoms with Gasteiger partial charge in [0.25, 0.3) is 6.01 Å². The Kier molecular flexibility index (Phi) is 5.11. The minimum absolute atomic E-state index is 0.0318. The molecule has 0 saturated carbocycles. The van der Waals surface area contributed by atoms with Crippen molar-refractivity contribution in [3.63, 3.8) is 0 Å². The second kappa shape index (κ2) is 7.99. The molecule has 1 aliphatic rings. The Labute approximate surface area is 196 Å². The van der Waals surface area contributed by atoms with Crippen molar-refractivity contribution in [3.8, 4) is 5.88 Å². The molecule has 0 spiro atoms. The minimum Gasteiger partial charge on any atom is -0.465 e. The van der Waals surface area contributed by atoms with Crippen LogP contribution in [0.3, 0.4) is 0 Å². The second-order valence-corrected chi connectivity index (χ2v) is 8.12. The van der Waals surface area contributed by atoms with Crippen molar-refractivity contribution >= 4 is 46.8 Å². The van der Waals surface area contributed by atoms with Crippen molar-refractivity contribution in [3.05, 3.63) is 96.7 Å². The quantitative estimate of drug-likeness (QED) is 0.445. The van der Waals surface area contributed by atoms with Gasteiger partial charge in [-0.2, -0.15) is 4.98 Å². The molecule has 1 atom stereocenters. The molecular formula is C23H15Cl2N3O5. The lowest BCUT2D eigenvalue weighted by atomic mass is 9.87. The Morgan fingerprint density at radius 1 is 1.09 bits per heavy atom. The monoisotopic (exact) mass is 483 g/mol. The summed E-state index contributed by atoms with van der Waals surface area (Å²) >= 11 is 12.0. The molecular weight excluding hydrogens is 469 g/mol. The third-order valence-corrected chi connectivity index (χ3v) is 5.78. The molecule has 0 bridgehead atoms. The first kappa shape index (κ1) is 21.1. The number of nitrogens with zero attached hydrogens (tertiary/aromatic N) is 2. The zero-order valence-electron chi connectivity index (χ0n) is 17.0. The first-order valence-electron chi connectivity index (χ1n) is 9.71. The van der Waals surface area contributed by atoms with E-state index in [0.717, 1.165) is 0 Å². The van der Waals surface area contributed by atoms with Crippen molar-refractivity contribution < 1.29 is 18.4 Å². The zero-order valence-corrected chi connectivity index (χ0v) is 18.6. The molecule has 0 fully saturated rings. The number of ether oxygens (including phenoxy) is 1. The molecule has 0 radical (unpaired) electrons. The number of aromatic nitrogens is 2. The summed E-state index contributed by atoms with van der Waals surface area (Å²) in [6, 6.07) is 13.6. The minimum atomic E-state index is -0.764. The van der Waals surface area contributed by atoms with Crippen molar-refractivity contribution in [2.45, 2.75) is 5.92 Å². The van der Waals surface area contributed by atoms with Gasteiger partial charge in [-0.15, -0.1) is 0 Å². The molecule has 3 heterocycles. The number of nitrogen functional groups attached to an aromatic ring is 1. The van der Waals surface area contributed by atoms with E-state index in [1.165, 1.54) is 11.7 Å². The largest absolute Gasteiger partial charge is 0.465 e. The molecule has 2 aromatic carbocycles. The van der Waals surface area contributed by atoms with Crippen LogP contribution in [-0.4, -0.2) is 22.6 Å². The topological polar surface area (TPSA) is 113 Å². The summed E-state index contributed by atoms with van der Waals surface area (Å²) in [6.07, 6.45) is 1.59. The lowest BCUT2D eigenvalue weighted by Crippen LogP contribution is -2.37. The van der Waals surface area contributed by atoms with Crippen LogP contribution in [0, 0.1) is 0 Å². The van der Waals surface area contributed by atoms with E-state index >= 15 is 0 Å². The van der Waals surface area contributed by atoms with E-state index in [-0.39, 0.29) is 28.4 Å². The van der Waals surface area contributed by atoms with Crippen LogP contribution >= 0.6 is 23.2 Å². The Bertz CT molecular complexity index is 1560. The number of nitrogens with two attached hydrogens (primary N) is 1. The molecule has 8 nitrogen and oxygen atoms in total. The van der Waals surface area contributed by atoms with Crippen LogP contribution in [0.5, 0.6) is 0 Å². The zero-order chi connectivity index (χ0) is 23.3. The van der Waals surface area contributed by atoms with Crippen LogP contribution in [0.15, 0.2) is 62.2 Å². The van der Waals surface area contributed by atoms with E-state index in [2.05, 4.69) is 4.98 Å². The van der Waals surface area contributed by atoms with Crippen LogP contribution in [0.25, 0.3) is 17.5 Å². The predicted molar refractivity (Wildman–Crippen MR) is 122 cm³/mol. The van der Waals surface area contributed by atoms with E-state index in [9.17, 15) is 9.59 Å². The molecule has 33 heavy (non-hydrogen) atoms. The van der Waals surface area contributed by atoms with Crippen molar-refractivity contribution in [1.82, 2.24) is 9.55 Å². The summed E-state index contributed by atoms with van der Waals surface area (Å²) in [6.45, 7) is 0. The fourth-order valence-electron chi connectivity index (χ4n) is 3.85. The third-order valence-electron chi connectivity index (χ3n) is 5.27. The maximum atomic E-state index is 12.9. The van der Waals surface area contributed by atoms with Crippen LogP contribution in [-0.2, 0) is 9.53 Å². The van der Waals surface area contributed by atoms with Gasteiger partial charge in [-0.05, 0) is 41.5 Å². The second-order valence-electron chi connectivity index (χ2n) is 7.24. The van der Waals surface area contributed by atoms with Gasteiger partial charge in [0.15, 0.2) is 0 Å². The molecule has 0 amide bonds. The number of halogens is 2. The van der Waals surface area contributed by atoms with Crippen LogP contribution in [0.1, 0.15) is 22.7 Å². The number of carbonyl (C=O) groups is 1. The fourth-order valence-corrected chi connectivity index (χ4v) is 4.10. The van der Waals surface area contributed by atoms with E-state index < -0.39 is 17.5 Å². The van der Waals surface area contributed by atoms with Gasteiger partial charge in [-0.3, -0.25) is 0 Å². The van der Waals surface area contributed by atoms with Gasteiger partial charge in [0, 0.05) is 10.0 Å². The molecule has 10 heteroatoms. The number of fused-ring (bicyclic) bond motifs is 3. The van der Waals surface area contributed by atoms with E-state index in [1.54, 1.807) is 54.6 Å². The summed E-state index contributed by atoms with van der Waals surface area (Å²) in [7, 11) is 1.24. The number of benzene rings is 2. The van der Waals surface area contributed by atoms with Crippen molar-refractivity contribution in [2.24, 2.45) is 0 Å². The van der Waals surface area contributed by atoms with E-state index in [0.29, 0.717) is 26.9 Å². The van der Waals surface area contributed by atoms with Gasteiger partial charge in [0.2, 0.25) is 11.4 Å². The standard InChI is InChI=1S/C23H15Cl2N3O5/c1-31-22(30)17-16(12-4-8-14(25)9-5-12)18-20(33-23(26)27-18)28-15(21(29)32-19(17)28)10-11-2-6-13(24)7-3-11/h2-10,16H,1H3,(H2,26,27)/b15-10+/t16-/m0/s1. The summed E-state index contributed by atoms with van der Waals surface area (Å²) < 4.78 is 17.7. The number of oxazole rings is 2. The Morgan fingerprint density at radius 3 is 2.36 bits per heavy atom. The highest BCUT2D eigenvalue weighted by Crippen LogP contribution is 2.38. The Balaban J connectivity index is 1.90. The van der Waals surface area contributed by atoms with Crippen LogP contribution in [0.4, 0.5) is 6.01 Å². The molecule has 2 N–H and O–H groups in total. The molecule has 5 rings (SSSR count). The van der Waals surface area contributed by atoms with Gasteiger partial charge in [0.05, 0.1) is 13.0 Å². The highest BCUT2D eigenvalue weighted by molar-refractivity contribution is 6.30. The normalized spacial score (nSPS) is 15.3. The number of carbonyl (C=O) groups excluding carboxylic acids is 1. The summed E-state index contributed by atoms with van der Waals surface area (Å²) in [5.41, 5.74) is 6.93. The fraction of sp³-hybridized carbons (Fsp3) is 0.0870. The average Bonchev–Trinajstić information content (AvgIpc) is 3.33. The summed E-state index contributed by atoms with van der Waals surface area (Å²) in [5, 5.41) is 1.18. The molecule has 0 saturated heterocycles. The lowest BCUT2D eigenvalue weighted by Gasteiger charge is -2.21. The Morgan fingerprint density at radius 2 is 1.73 bits per heavy atom. The highest BCUT2D eigenvalue weighted by Gasteiger charge is 2.39. The van der Waals surface area contributed by atoms with Gasteiger partial charge in [-0.1, -0.05) is 47.5 Å². The highest BCUT2D eigenvalue weighted by atomic mass is 35.5. The lowest BCUT2D eigenvalue weighted by molar-refractivity contribution is -0.134. The number of rotatable bonds is 3. The maximum absolute atomic E-state index is 12.9. The predicted octanol–water partition coefficient (Wildman–Crippen LogP) is 2.61. The van der Waals surface area contributed by atoms with Crippen LogP contribution in [0.2, 0.25) is 10.0 Å². The molecule has 0 unspecified atom stereocenters. The molecule has 1 aliphatic heterocycles. The molecule has 0 aliphatic carbocycles. The SMILES string of the molecule is COC(=O)C1=c2oc(=O)/c(=C\c3ccc(Cl)cc3)n2-c2oc(N)nc2[C@H]1c1ccc(Cl)cc1. The van der Waals surface area contributed by atoms with Gasteiger partial charge in [-0.25, -0.2) is 14.2 Å². The number of hydrogen-bond acceptors (Lipinski definition) is 7. The summed E-state index contributed by atoms with van der Waals surface area (Å²) in [5.74, 6) is -1.29. The smallest absolute Gasteiger partial charge is 0.362 e. The summed E-state index contributed by atoms with van der Waals surface area (Å²) in [4.78, 5) is 30.2. The number of anilines is 1. The van der Waals surface area contributed by atoms with Crippen molar-refractivity contribution in [1.29, 1.82) is 0 Å². The first-order valence-corrected chi connectivity index (χ1v) is 10.5. The van der Waals surface area contributed by atoms with Crippen LogP contribution < -0.4 is 22.3 Å². The molecule has 166 valence electrons. The van der Waals surface area contributed by atoms with Gasteiger partial charge >= 0.3 is 11.6 Å². The first-order chi connectivity index (χ1) is 15.9. The van der Waals surface area contributed by atoms with E-state index in [1.807, 2.05) is 0 Å². The van der Waals surface area contributed by atoms with E-state index in [4.69, 9.17) is 42.5 Å². The average molecular weight is 484 g/mol. The molecule has 2 aromatic heterocycles. The number of methoxy groups -OCH3 is 1. The number of hydrogen-bond donors (Lipinski definition) is 1. The Hall–Kier alpha value is -3.75.